The van der Waals surface area contributed by atoms with Gasteiger partial charge in [0.05, 0.1) is 5.02 Å². The molecule has 0 aliphatic carbocycles. The molecular formula is C15H23ClN4O2. The number of pyridine rings is 1. The fourth-order valence-electron chi connectivity index (χ4n) is 2.63. The molecule has 2 rings (SSSR count). The number of hydrogen-bond donors (Lipinski definition) is 3. The first kappa shape index (κ1) is 16.8. The van der Waals surface area contributed by atoms with E-state index in [4.69, 9.17) is 16.7 Å². The lowest BCUT2D eigenvalue weighted by atomic mass is 10.1. The Bertz CT molecular complexity index is 500. The molecule has 7 heteroatoms. The first-order valence-corrected chi connectivity index (χ1v) is 8.05. The monoisotopic (exact) mass is 326 g/mol. The molecule has 0 radical (unpaired) electrons. The number of aliphatic hydroxyl groups is 1. The van der Waals surface area contributed by atoms with Crippen LogP contribution in [0.1, 0.15) is 26.2 Å². The number of urea groups is 1. The minimum Gasteiger partial charge on any atom is -0.396 e. The standard InChI is InChI=1S/C15H23ClN4O2/c1-2-11(6-9-21)18-15(22)19-12-5-8-20(10-12)14-13(16)4-3-7-17-14/h3-4,7,11-12,21H,2,5-6,8-10H2,1H3,(H2,18,19,22). The first-order chi connectivity index (χ1) is 10.6. The van der Waals surface area contributed by atoms with Crippen molar-refractivity contribution in [2.24, 2.45) is 0 Å². The zero-order valence-corrected chi connectivity index (χ0v) is 13.5. The summed E-state index contributed by atoms with van der Waals surface area (Å²) in [6.45, 7) is 3.58. The van der Waals surface area contributed by atoms with Gasteiger partial charge in [-0.25, -0.2) is 9.78 Å². The van der Waals surface area contributed by atoms with Crippen LogP contribution in [0.3, 0.4) is 0 Å². The molecule has 2 unspecified atom stereocenters. The van der Waals surface area contributed by atoms with Crippen molar-refractivity contribution in [1.82, 2.24) is 15.6 Å². The van der Waals surface area contributed by atoms with Crippen molar-refractivity contribution in [3.8, 4) is 0 Å². The van der Waals surface area contributed by atoms with E-state index in [0.29, 0.717) is 18.0 Å². The SMILES string of the molecule is CCC(CCO)NC(=O)NC1CCN(c2ncccc2Cl)C1. The topological polar surface area (TPSA) is 77.5 Å². The number of amides is 2. The quantitative estimate of drug-likeness (QED) is 0.744. The maximum atomic E-state index is 12.0. The van der Waals surface area contributed by atoms with Gasteiger partial charge >= 0.3 is 6.03 Å². The summed E-state index contributed by atoms with van der Waals surface area (Å²) in [5.74, 6) is 0.764. The van der Waals surface area contributed by atoms with Gasteiger partial charge in [-0.1, -0.05) is 18.5 Å². The number of carbonyl (C=O) groups excluding carboxylic acids is 1. The smallest absolute Gasteiger partial charge is 0.315 e. The summed E-state index contributed by atoms with van der Waals surface area (Å²) in [6.07, 6.45) is 3.95. The number of nitrogens with one attached hydrogen (secondary N) is 2. The van der Waals surface area contributed by atoms with Gasteiger partial charge in [0.15, 0.2) is 0 Å². The summed E-state index contributed by atoms with van der Waals surface area (Å²) in [7, 11) is 0. The van der Waals surface area contributed by atoms with Crippen LogP contribution in [-0.4, -0.2) is 47.9 Å². The Labute approximate surface area is 135 Å². The maximum Gasteiger partial charge on any atom is 0.315 e. The van der Waals surface area contributed by atoms with Crippen molar-refractivity contribution < 1.29 is 9.90 Å². The molecule has 1 aromatic heterocycles. The van der Waals surface area contributed by atoms with Crippen LogP contribution < -0.4 is 15.5 Å². The molecule has 6 nitrogen and oxygen atoms in total. The van der Waals surface area contributed by atoms with Crippen molar-refractivity contribution in [2.75, 3.05) is 24.6 Å². The fourth-order valence-corrected chi connectivity index (χ4v) is 2.87. The molecule has 22 heavy (non-hydrogen) atoms. The summed E-state index contributed by atoms with van der Waals surface area (Å²) >= 11 is 6.15. The Hall–Kier alpha value is -1.53. The van der Waals surface area contributed by atoms with E-state index in [9.17, 15) is 4.79 Å². The van der Waals surface area contributed by atoms with E-state index in [1.54, 1.807) is 12.3 Å². The molecule has 3 N–H and O–H groups in total. The number of rotatable bonds is 6. The summed E-state index contributed by atoms with van der Waals surface area (Å²) in [6, 6.07) is 3.52. The van der Waals surface area contributed by atoms with Gasteiger partial charge in [-0.3, -0.25) is 0 Å². The molecule has 0 saturated carbocycles. The van der Waals surface area contributed by atoms with Gasteiger partial charge < -0.3 is 20.6 Å². The van der Waals surface area contributed by atoms with Crippen molar-refractivity contribution in [1.29, 1.82) is 0 Å². The van der Waals surface area contributed by atoms with E-state index in [1.165, 1.54) is 0 Å². The van der Waals surface area contributed by atoms with E-state index < -0.39 is 0 Å². The van der Waals surface area contributed by atoms with Crippen LogP contribution in [0.25, 0.3) is 0 Å². The van der Waals surface area contributed by atoms with E-state index in [-0.39, 0.29) is 24.7 Å². The molecule has 1 saturated heterocycles. The van der Waals surface area contributed by atoms with Crippen molar-refractivity contribution in [3.05, 3.63) is 23.4 Å². The average Bonchev–Trinajstić information content (AvgIpc) is 2.95. The van der Waals surface area contributed by atoms with Crippen LogP contribution in [-0.2, 0) is 0 Å². The van der Waals surface area contributed by atoms with E-state index in [1.807, 2.05) is 13.0 Å². The summed E-state index contributed by atoms with van der Waals surface area (Å²) in [5, 5.41) is 15.4. The Morgan fingerprint density at radius 2 is 2.45 bits per heavy atom. The van der Waals surface area contributed by atoms with Crippen LogP contribution in [0.15, 0.2) is 18.3 Å². The molecule has 1 aromatic rings. The number of halogens is 1. The molecule has 1 fully saturated rings. The molecule has 0 bridgehead atoms. The van der Waals surface area contributed by atoms with Crippen LogP contribution in [0.4, 0.5) is 10.6 Å². The zero-order chi connectivity index (χ0) is 15.9. The van der Waals surface area contributed by atoms with Crippen molar-refractivity contribution in [2.45, 2.75) is 38.3 Å². The van der Waals surface area contributed by atoms with Gasteiger partial charge in [-0.15, -0.1) is 0 Å². The van der Waals surface area contributed by atoms with Gasteiger partial charge in [0, 0.05) is 38.0 Å². The largest absolute Gasteiger partial charge is 0.396 e. The second-order valence-electron chi connectivity index (χ2n) is 5.48. The third-order valence-corrected chi connectivity index (χ3v) is 4.16. The lowest BCUT2D eigenvalue weighted by molar-refractivity contribution is 0.225. The van der Waals surface area contributed by atoms with Crippen LogP contribution in [0, 0.1) is 0 Å². The second-order valence-corrected chi connectivity index (χ2v) is 5.88. The Kier molecular flexibility index (Phi) is 6.27. The minimum absolute atomic E-state index is 0.00717. The normalized spacial score (nSPS) is 19.0. The second kappa shape index (κ2) is 8.19. The first-order valence-electron chi connectivity index (χ1n) is 7.67. The molecule has 0 spiro atoms. The number of nitrogens with zero attached hydrogens (tertiary/aromatic N) is 2. The predicted octanol–water partition coefficient (Wildman–Crippen LogP) is 1.77. The Morgan fingerprint density at radius 1 is 1.64 bits per heavy atom. The van der Waals surface area contributed by atoms with E-state index in [2.05, 4.69) is 20.5 Å². The number of carbonyl (C=O) groups is 1. The van der Waals surface area contributed by atoms with E-state index in [0.717, 1.165) is 25.2 Å². The molecule has 2 amide bonds. The summed E-state index contributed by atoms with van der Waals surface area (Å²) in [5.41, 5.74) is 0. The third kappa shape index (κ3) is 4.48. The van der Waals surface area contributed by atoms with Gasteiger partial charge in [0.25, 0.3) is 0 Å². The summed E-state index contributed by atoms with van der Waals surface area (Å²) in [4.78, 5) is 18.4. The predicted molar refractivity (Wildman–Crippen MR) is 87.3 cm³/mol. The van der Waals surface area contributed by atoms with Crippen molar-refractivity contribution >= 4 is 23.4 Å². The van der Waals surface area contributed by atoms with Gasteiger partial charge in [0.1, 0.15) is 5.82 Å². The van der Waals surface area contributed by atoms with Crippen molar-refractivity contribution in [3.63, 3.8) is 0 Å². The highest BCUT2D eigenvalue weighted by Gasteiger charge is 2.26. The molecule has 1 aliphatic heterocycles. The number of anilines is 1. The molecule has 0 aromatic carbocycles. The molecule has 1 aliphatic rings. The fraction of sp³-hybridized carbons (Fsp3) is 0.600. The Morgan fingerprint density at radius 3 is 3.14 bits per heavy atom. The average molecular weight is 327 g/mol. The van der Waals surface area contributed by atoms with Crippen LogP contribution >= 0.6 is 11.6 Å². The lowest BCUT2D eigenvalue weighted by Gasteiger charge is -2.20. The molecular weight excluding hydrogens is 304 g/mol. The van der Waals surface area contributed by atoms with Gasteiger partial charge in [-0.2, -0.15) is 0 Å². The van der Waals surface area contributed by atoms with E-state index >= 15 is 0 Å². The summed E-state index contributed by atoms with van der Waals surface area (Å²) < 4.78 is 0. The molecule has 122 valence electrons. The third-order valence-electron chi connectivity index (χ3n) is 3.87. The number of aromatic nitrogens is 1. The highest BCUT2D eigenvalue weighted by molar-refractivity contribution is 6.32. The van der Waals surface area contributed by atoms with Crippen LogP contribution in [0.2, 0.25) is 5.02 Å². The van der Waals surface area contributed by atoms with Gasteiger partial charge in [0.2, 0.25) is 0 Å². The zero-order valence-electron chi connectivity index (χ0n) is 12.8. The van der Waals surface area contributed by atoms with Crippen LogP contribution in [0.5, 0.6) is 0 Å². The molecule has 2 heterocycles. The highest BCUT2D eigenvalue weighted by Crippen LogP contribution is 2.25. The maximum absolute atomic E-state index is 12.0. The number of aliphatic hydroxyl groups excluding tert-OH is 1. The minimum atomic E-state index is -0.181. The lowest BCUT2D eigenvalue weighted by Crippen LogP contribution is -2.47. The highest BCUT2D eigenvalue weighted by atomic mass is 35.5. The molecule has 2 atom stereocenters. The van der Waals surface area contributed by atoms with Gasteiger partial charge in [-0.05, 0) is 31.4 Å². The number of hydrogen-bond acceptors (Lipinski definition) is 4. The Balaban J connectivity index is 1.83.